The fourth-order valence-electron chi connectivity index (χ4n) is 1.45. The molecule has 0 unspecified atom stereocenters. The van der Waals surface area contributed by atoms with E-state index < -0.39 is 10.2 Å². The monoisotopic (exact) mass is 285 g/mol. The first kappa shape index (κ1) is 12.6. The van der Waals surface area contributed by atoms with E-state index in [1.807, 2.05) is 0 Å². The Morgan fingerprint density at radius 1 is 1.28 bits per heavy atom. The van der Waals surface area contributed by atoms with Crippen LogP contribution in [0.5, 0.6) is 0 Å². The number of halogens is 2. The maximum Gasteiger partial charge on any atom is 0.287 e. The molecular formula is C11H5Cl2NO4. The summed E-state index contributed by atoms with van der Waals surface area (Å²) in [6.45, 7) is 0. The number of furan rings is 1. The number of nitro groups is 1. The number of hydrogen-bond donors (Lipinski definition) is 0. The number of benzene rings is 1. The Bertz CT molecular complexity index is 636. The molecule has 0 radical (unpaired) electrons. The Morgan fingerprint density at radius 3 is 2.56 bits per heavy atom. The number of hydrogen-bond acceptors (Lipinski definition) is 4. The van der Waals surface area contributed by atoms with E-state index in [0.29, 0.717) is 0 Å². The van der Waals surface area contributed by atoms with Crippen LogP contribution < -0.4 is 0 Å². The van der Waals surface area contributed by atoms with Crippen LogP contribution in [0.2, 0.25) is 5.02 Å². The smallest absolute Gasteiger partial charge is 0.287 e. The lowest BCUT2D eigenvalue weighted by molar-refractivity contribution is -0.384. The van der Waals surface area contributed by atoms with Gasteiger partial charge in [-0.2, -0.15) is 0 Å². The fourth-order valence-corrected chi connectivity index (χ4v) is 1.72. The first-order chi connectivity index (χ1) is 8.49. The van der Waals surface area contributed by atoms with Crippen molar-refractivity contribution in [3.8, 4) is 11.3 Å². The van der Waals surface area contributed by atoms with Crippen LogP contribution in [0, 0.1) is 10.1 Å². The number of nitro benzene ring substituents is 1. The van der Waals surface area contributed by atoms with Crippen LogP contribution in [0.3, 0.4) is 0 Å². The Kier molecular flexibility index (Phi) is 3.36. The summed E-state index contributed by atoms with van der Waals surface area (Å²) in [5.41, 5.74) is 0.0268. The molecule has 1 aromatic carbocycles. The molecule has 0 aliphatic heterocycles. The summed E-state index contributed by atoms with van der Waals surface area (Å²) in [6, 6.07) is 6.94. The van der Waals surface area contributed by atoms with Crippen LogP contribution in [0.25, 0.3) is 11.3 Å². The van der Waals surface area contributed by atoms with Gasteiger partial charge in [0.05, 0.1) is 10.5 Å². The van der Waals surface area contributed by atoms with Crippen LogP contribution in [-0.2, 0) is 0 Å². The highest BCUT2D eigenvalue weighted by Gasteiger charge is 2.19. The van der Waals surface area contributed by atoms with E-state index in [0.717, 1.165) is 0 Å². The summed E-state index contributed by atoms with van der Waals surface area (Å²) in [7, 11) is 0. The van der Waals surface area contributed by atoms with Gasteiger partial charge >= 0.3 is 0 Å². The number of carbonyl (C=O) groups excluding carboxylic acids is 1. The minimum Gasteiger partial charge on any atom is -0.451 e. The lowest BCUT2D eigenvalue weighted by Crippen LogP contribution is -1.91. The first-order valence-electron chi connectivity index (χ1n) is 4.73. The molecular weight excluding hydrogens is 281 g/mol. The zero-order valence-corrected chi connectivity index (χ0v) is 10.2. The number of rotatable bonds is 3. The highest BCUT2D eigenvalue weighted by molar-refractivity contribution is 6.67. The van der Waals surface area contributed by atoms with Crippen LogP contribution in [0.15, 0.2) is 34.7 Å². The van der Waals surface area contributed by atoms with Gasteiger partial charge in [0.1, 0.15) is 5.76 Å². The molecule has 0 spiro atoms. The summed E-state index contributed by atoms with van der Waals surface area (Å²) >= 11 is 10.9. The zero-order valence-electron chi connectivity index (χ0n) is 8.72. The topological polar surface area (TPSA) is 73.3 Å². The molecule has 92 valence electrons. The van der Waals surface area contributed by atoms with Gasteiger partial charge in [-0.1, -0.05) is 11.6 Å². The second kappa shape index (κ2) is 4.80. The summed E-state index contributed by atoms with van der Waals surface area (Å²) < 4.78 is 5.13. The zero-order chi connectivity index (χ0) is 13.3. The third-order valence-electron chi connectivity index (χ3n) is 2.22. The second-order valence-electron chi connectivity index (χ2n) is 3.36. The number of nitrogens with zero attached hydrogens (tertiary/aromatic N) is 1. The summed E-state index contributed by atoms with van der Waals surface area (Å²) in [6.07, 6.45) is 0. The van der Waals surface area contributed by atoms with Crippen LogP contribution in [-0.4, -0.2) is 10.2 Å². The molecule has 0 atom stereocenters. The van der Waals surface area contributed by atoms with Gasteiger partial charge in [-0.25, -0.2) is 0 Å². The molecule has 0 aliphatic carbocycles. The van der Waals surface area contributed by atoms with Crippen LogP contribution in [0.1, 0.15) is 10.6 Å². The molecule has 1 aromatic heterocycles. The molecule has 0 saturated heterocycles. The normalized spacial score (nSPS) is 10.3. The quantitative estimate of drug-likeness (QED) is 0.487. The van der Waals surface area contributed by atoms with E-state index in [9.17, 15) is 14.9 Å². The number of carbonyl (C=O) groups is 1. The molecule has 0 saturated carbocycles. The third-order valence-corrected chi connectivity index (χ3v) is 2.64. The van der Waals surface area contributed by atoms with Crippen molar-refractivity contribution in [2.24, 2.45) is 0 Å². The van der Waals surface area contributed by atoms with Crippen LogP contribution >= 0.6 is 23.2 Å². The van der Waals surface area contributed by atoms with Crippen molar-refractivity contribution in [2.75, 3.05) is 0 Å². The van der Waals surface area contributed by atoms with E-state index in [1.165, 1.54) is 30.3 Å². The molecule has 2 rings (SSSR count). The van der Waals surface area contributed by atoms with Crippen molar-refractivity contribution in [3.05, 3.63) is 51.2 Å². The van der Waals surface area contributed by atoms with Gasteiger partial charge in [-0.15, -0.1) is 0 Å². The van der Waals surface area contributed by atoms with Gasteiger partial charge in [-0.3, -0.25) is 14.9 Å². The predicted octanol–water partition coefficient (Wildman–Crippen LogP) is 3.89. The van der Waals surface area contributed by atoms with Gasteiger partial charge in [0.15, 0.2) is 5.76 Å². The minimum atomic E-state index is -0.766. The highest BCUT2D eigenvalue weighted by atomic mass is 35.5. The Hall–Kier alpha value is -1.85. The second-order valence-corrected chi connectivity index (χ2v) is 4.14. The van der Waals surface area contributed by atoms with E-state index in [-0.39, 0.29) is 27.8 Å². The minimum absolute atomic E-state index is 0.0732. The molecule has 2 aromatic rings. The van der Waals surface area contributed by atoms with Gasteiger partial charge in [0.25, 0.3) is 10.9 Å². The lowest BCUT2D eigenvalue weighted by Gasteiger charge is -2.00. The van der Waals surface area contributed by atoms with Gasteiger partial charge in [-0.05, 0) is 35.9 Å². The molecule has 0 bridgehead atoms. The molecule has 0 aliphatic rings. The van der Waals surface area contributed by atoms with E-state index in [4.69, 9.17) is 27.6 Å². The Morgan fingerprint density at radius 2 is 2.00 bits per heavy atom. The van der Waals surface area contributed by atoms with Crippen molar-refractivity contribution in [3.63, 3.8) is 0 Å². The van der Waals surface area contributed by atoms with Crippen molar-refractivity contribution >= 4 is 34.1 Å². The molecule has 5 nitrogen and oxygen atoms in total. The standard InChI is InChI=1S/C11H5Cl2NO4/c12-6-1-2-7(8(5-6)14(16)17)9-3-4-10(18-9)11(13)15/h1-5H. The summed E-state index contributed by atoms with van der Waals surface area (Å²) in [5.74, 6) is 0.110. The van der Waals surface area contributed by atoms with Crippen molar-refractivity contribution in [2.45, 2.75) is 0 Å². The van der Waals surface area contributed by atoms with Gasteiger partial charge in [0.2, 0.25) is 0 Å². The van der Waals surface area contributed by atoms with Crippen LogP contribution in [0.4, 0.5) is 5.69 Å². The maximum absolute atomic E-state index is 10.9. The molecule has 18 heavy (non-hydrogen) atoms. The van der Waals surface area contributed by atoms with E-state index >= 15 is 0 Å². The highest BCUT2D eigenvalue weighted by Crippen LogP contribution is 2.33. The molecule has 7 heteroatoms. The maximum atomic E-state index is 10.9. The predicted molar refractivity (Wildman–Crippen MR) is 66.0 cm³/mol. The van der Waals surface area contributed by atoms with Gasteiger partial charge < -0.3 is 4.42 Å². The summed E-state index contributed by atoms with van der Waals surface area (Å²) in [5, 5.41) is 10.4. The Balaban J connectivity index is 2.55. The van der Waals surface area contributed by atoms with Gasteiger partial charge in [0, 0.05) is 11.1 Å². The summed E-state index contributed by atoms with van der Waals surface area (Å²) in [4.78, 5) is 21.2. The Labute approximate surface area is 111 Å². The lowest BCUT2D eigenvalue weighted by atomic mass is 10.1. The van der Waals surface area contributed by atoms with Crippen molar-refractivity contribution in [1.82, 2.24) is 0 Å². The van der Waals surface area contributed by atoms with E-state index in [1.54, 1.807) is 0 Å². The van der Waals surface area contributed by atoms with Crippen molar-refractivity contribution < 1.29 is 14.1 Å². The molecule has 0 fully saturated rings. The largest absolute Gasteiger partial charge is 0.451 e. The van der Waals surface area contributed by atoms with E-state index in [2.05, 4.69) is 0 Å². The fraction of sp³-hybridized carbons (Fsp3) is 0. The molecule has 0 amide bonds. The third kappa shape index (κ3) is 2.37. The first-order valence-corrected chi connectivity index (χ1v) is 5.48. The average Bonchev–Trinajstić information content (AvgIpc) is 2.78. The van der Waals surface area contributed by atoms with Crippen molar-refractivity contribution in [1.29, 1.82) is 0 Å². The SMILES string of the molecule is O=C(Cl)c1ccc(-c2ccc(Cl)cc2[N+](=O)[O-])o1. The molecule has 0 N–H and O–H groups in total. The molecule has 1 heterocycles. The average molecular weight is 286 g/mol.